The van der Waals surface area contributed by atoms with Crippen LogP contribution in [-0.2, 0) is 9.59 Å². The lowest BCUT2D eigenvalue weighted by molar-refractivity contribution is -0.108. The number of carbonyl (C=O) groups is 3. The molecular formula is C31H33N7O3S2. The van der Waals surface area contributed by atoms with E-state index in [1.165, 1.54) is 22.7 Å². The van der Waals surface area contributed by atoms with Crippen LogP contribution in [0.2, 0.25) is 0 Å². The van der Waals surface area contributed by atoms with Crippen LogP contribution in [0, 0.1) is 0 Å². The molecule has 0 bridgehead atoms. The molecule has 0 fully saturated rings. The van der Waals surface area contributed by atoms with Gasteiger partial charge in [-0.15, -0.1) is 22.7 Å². The summed E-state index contributed by atoms with van der Waals surface area (Å²) in [6.45, 7) is 0.624. The normalized spacial score (nSPS) is 11.7. The largest absolute Gasteiger partial charge is 0.352 e. The molecule has 2 aromatic carbocycles. The first kappa shape index (κ1) is 31.4. The van der Waals surface area contributed by atoms with Crippen LogP contribution in [-0.4, -0.2) is 53.5 Å². The second-order valence-corrected chi connectivity index (χ2v) is 11.2. The summed E-state index contributed by atoms with van der Waals surface area (Å²) in [4.78, 5) is 43.8. The van der Waals surface area contributed by atoms with E-state index in [-0.39, 0.29) is 11.6 Å². The van der Waals surface area contributed by atoms with Gasteiger partial charge in [0.2, 0.25) is 10.3 Å². The van der Waals surface area contributed by atoms with Gasteiger partial charge in [-0.1, -0.05) is 61.7 Å². The number of carbonyl (C=O) groups excluding carboxylic acids is 3. The Morgan fingerprint density at radius 3 is 2.44 bits per heavy atom. The van der Waals surface area contributed by atoms with Crippen LogP contribution in [0.15, 0.2) is 81.8 Å². The van der Waals surface area contributed by atoms with Gasteiger partial charge in [-0.2, -0.15) is 10.2 Å². The molecule has 43 heavy (non-hydrogen) atoms. The van der Waals surface area contributed by atoms with Crippen molar-refractivity contribution in [1.29, 1.82) is 0 Å². The van der Waals surface area contributed by atoms with Crippen molar-refractivity contribution in [3.63, 3.8) is 0 Å². The summed E-state index contributed by atoms with van der Waals surface area (Å²) in [5, 5.41) is 18.5. The number of nitrogens with zero attached hydrogens (tertiary/aromatic N) is 5. The van der Waals surface area contributed by atoms with Gasteiger partial charge in [0.15, 0.2) is 12.0 Å². The highest BCUT2D eigenvalue weighted by molar-refractivity contribution is 7.14. The van der Waals surface area contributed by atoms with Gasteiger partial charge in [0.25, 0.3) is 5.91 Å². The first-order chi connectivity index (χ1) is 21.1. The number of rotatable bonds is 17. The molecule has 0 saturated carbocycles. The third-order valence-electron chi connectivity index (χ3n) is 6.35. The summed E-state index contributed by atoms with van der Waals surface area (Å²) in [6.07, 6.45) is 8.88. The Hall–Kier alpha value is -4.55. The van der Waals surface area contributed by atoms with Crippen molar-refractivity contribution < 1.29 is 14.4 Å². The highest BCUT2D eigenvalue weighted by atomic mass is 32.1. The summed E-state index contributed by atoms with van der Waals surface area (Å²) >= 11 is 2.78. The van der Waals surface area contributed by atoms with Crippen LogP contribution in [0.3, 0.4) is 0 Å². The molecule has 222 valence electrons. The first-order valence-electron chi connectivity index (χ1n) is 13.9. The Morgan fingerprint density at radius 2 is 1.72 bits per heavy atom. The summed E-state index contributed by atoms with van der Waals surface area (Å²) < 4.78 is 0. The smallest absolute Gasteiger partial charge is 0.251 e. The van der Waals surface area contributed by atoms with Crippen LogP contribution < -0.4 is 15.8 Å². The molecule has 2 aromatic heterocycles. The molecule has 0 unspecified atom stereocenters. The summed E-state index contributed by atoms with van der Waals surface area (Å²) in [7, 11) is 1.76. The average molecular weight is 616 g/mol. The van der Waals surface area contributed by atoms with E-state index in [2.05, 4.69) is 20.8 Å². The highest BCUT2D eigenvalue weighted by Gasteiger charge is 2.16. The van der Waals surface area contributed by atoms with E-state index < -0.39 is 0 Å². The predicted octanol–water partition coefficient (Wildman–Crippen LogP) is 6.04. The number of aromatic nitrogens is 2. The molecule has 0 aliphatic carbocycles. The number of hydrogen-bond donors (Lipinski definition) is 2. The molecule has 0 atom stereocenters. The minimum atomic E-state index is -0.106. The van der Waals surface area contributed by atoms with Crippen molar-refractivity contribution in [3.8, 4) is 11.3 Å². The summed E-state index contributed by atoms with van der Waals surface area (Å²) in [5.41, 5.74) is 6.25. The van der Waals surface area contributed by atoms with Crippen molar-refractivity contribution in [1.82, 2.24) is 15.3 Å². The molecule has 0 aliphatic rings. The quantitative estimate of drug-likeness (QED) is 0.0641. The van der Waals surface area contributed by atoms with E-state index >= 15 is 0 Å². The number of amides is 1. The van der Waals surface area contributed by atoms with Gasteiger partial charge in [0.05, 0.1) is 5.69 Å². The number of hydrogen-bond acceptors (Lipinski definition) is 11. The van der Waals surface area contributed by atoms with E-state index in [4.69, 9.17) is 10.1 Å². The zero-order valence-corrected chi connectivity index (χ0v) is 25.4. The van der Waals surface area contributed by atoms with Crippen LogP contribution in [0.4, 0.5) is 10.3 Å². The highest BCUT2D eigenvalue weighted by Crippen LogP contribution is 2.27. The van der Waals surface area contributed by atoms with Crippen LogP contribution in [0.1, 0.15) is 54.4 Å². The van der Waals surface area contributed by atoms with Crippen LogP contribution in [0.25, 0.3) is 11.3 Å². The molecule has 10 nitrogen and oxygen atoms in total. The Bertz CT molecular complexity index is 1520. The topological polar surface area (TPSA) is 129 Å². The summed E-state index contributed by atoms with van der Waals surface area (Å²) in [6, 6.07) is 16.7. The van der Waals surface area contributed by atoms with E-state index in [1.54, 1.807) is 30.4 Å². The molecule has 0 saturated heterocycles. The van der Waals surface area contributed by atoms with Gasteiger partial charge in [0, 0.05) is 53.7 Å². The van der Waals surface area contributed by atoms with Crippen molar-refractivity contribution in [2.24, 2.45) is 10.2 Å². The van der Waals surface area contributed by atoms with Crippen molar-refractivity contribution in [3.05, 3.63) is 82.7 Å². The Kier molecular flexibility index (Phi) is 12.2. The maximum Gasteiger partial charge on any atom is 0.251 e. The van der Waals surface area contributed by atoms with Crippen molar-refractivity contribution in [2.45, 2.75) is 38.5 Å². The first-order valence-corrected chi connectivity index (χ1v) is 15.7. The Balaban J connectivity index is 1.40. The molecule has 1 amide bonds. The van der Waals surface area contributed by atoms with E-state index in [0.29, 0.717) is 40.8 Å². The van der Waals surface area contributed by atoms with Gasteiger partial charge in [0.1, 0.15) is 12.0 Å². The maximum absolute atomic E-state index is 12.5. The lowest BCUT2D eigenvalue weighted by atomic mass is 10.1. The summed E-state index contributed by atoms with van der Waals surface area (Å²) in [5.74, 6) is -0.106. The lowest BCUT2D eigenvalue weighted by Crippen LogP contribution is -2.24. The molecule has 0 radical (unpaired) electrons. The predicted molar refractivity (Wildman–Crippen MR) is 174 cm³/mol. The Labute approximate surface area is 258 Å². The molecule has 4 aromatic rings. The second kappa shape index (κ2) is 16.8. The number of hydrazone groups is 2. The number of thiazole rings is 2. The van der Waals surface area contributed by atoms with Crippen LogP contribution in [0.5, 0.6) is 0 Å². The number of unbranched alkanes of at least 4 members (excludes halogenated alkanes) is 5. The molecule has 12 heteroatoms. The fourth-order valence-corrected chi connectivity index (χ4v) is 5.31. The van der Waals surface area contributed by atoms with Crippen molar-refractivity contribution in [2.75, 3.05) is 24.0 Å². The van der Waals surface area contributed by atoms with Gasteiger partial charge in [-0.05, 0) is 25.0 Å². The average Bonchev–Trinajstić information content (AvgIpc) is 3.76. The van der Waals surface area contributed by atoms with E-state index in [1.807, 2.05) is 53.2 Å². The fraction of sp³-hybridized carbons (Fsp3) is 0.258. The molecule has 2 N–H and O–H groups in total. The zero-order valence-electron chi connectivity index (χ0n) is 23.8. The molecule has 0 spiro atoms. The van der Waals surface area contributed by atoms with E-state index in [0.717, 1.165) is 55.2 Å². The molecule has 4 rings (SSSR count). The molecule has 0 aliphatic heterocycles. The zero-order chi connectivity index (χ0) is 30.3. The number of anilines is 2. The van der Waals surface area contributed by atoms with Gasteiger partial charge in [-0.3, -0.25) is 15.0 Å². The number of benzene rings is 2. The minimum absolute atomic E-state index is 0.106. The molecular weight excluding hydrogens is 583 g/mol. The lowest BCUT2D eigenvalue weighted by Gasteiger charge is -2.13. The standard InChI is InChI=1S/C31H33N7O3S2/c1-38(37-28(24-11-7-6-8-12-24)26(21-40)35-36-30-33-18-20-42-30)31-34-27(22-43-31)23-13-15-25(16-14-23)29(41)32-17-9-4-2-3-5-10-19-39/h6-8,11-16,18-22H,2-5,9-10,17H2,1H3,(H,32,41)(H,33,36)/b35-26-,37-28-. The third kappa shape index (κ3) is 9.48. The monoisotopic (exact) mass is 615 g/mol. The number of nitrogens with one attached hydrogen (secondary N) is 2. The van der Waals surface area contributed by atoms with E-state index in [9.17, 15) is 14.4 Å². The molecule has 2 heterocycles. The van der Waals surface area contributed by atoms with Gasteiger partial charge in [-0.25, -0.2) is 15.0 Å². The van der Waals surface area contributed by atoms with Gasteiger partial charge >= 0.3 is 0 Å². The third-order valence-corrected chi connectivity index (χ3v) is 7.94. The Morgan fingerprint density at radius 1 is 0.953 bits per heavy atom. The maximum atomic E-state index is 12.5. The van der Waals surface area contributed by atoms with Gasteiger partial charge < -0.3 is 10.1 Å². The second-order valence-electron chi connectivity index (χ2n) is 9.47. The minimum Gasteiger partial charge on any atom is -0.352 e. The van der Waals surface area contributed by atoms with Crippen molar-refractivity contribution >= 4 is 62.8 Å². The SMILES string of the molecule is CN(/N=C(\C(C=O)=N/Nc1nccs1)c1ccccc1)c1nc(-c2ccc(C(=O)NCCCCCCCC=O)cc2)cs1. The number of aldehydes is 2. The fourth-order valence-electron chi connectivity index (χ4n) is 4.09. The van der Waals surface area contributed by atoms with Crippen LogP contribution >= 0.6 is 22.7 Å².